The average molecular weight is 304 g/mol. The van der Waals surface area contributed by atoms with Gasteiger partial charge in [-0.15, -0.1) is 12.3 Å². The van der Waals surface area contributed by atoms with E-state index < -0.39 is 11.6 Å². The number of benzene rings is 2. The van der Waals surface area contributed by atoms with Gasteiger partial charge < -0.3 is 9.47 Å². The smallest absolute Gasteiger partial charge is 0.334 e. The van der Waals surface area contributed by atoms with Crippen molar-refractivity contribution in [3.8, 4) is 23.8 Å². The summed E-state index contributed by atoms with van der Waals surface area (Å²) in [5.74, 6) is 3.43. The Morgan fingerprint density at radius 2 is 1.70 bits per heavy atom. The first-order valence-electron chi connectivity index (χ1n) is 7.27. The molecule has 1 heterocycles. The zero-order valence-electron chi connectivity index (χ0n) is 12.8. The highest BCUT2D eigenvalue weighted by molar-refractivity contribution is 5.88. The molecule has 0 fully saturated rings. The van der Waals surface area contributed by atoms with E-state index in [4.69, 9.17) is 15.9 Å². The molecule has 0 aliphatic carbocycles. The van der Waals surface area contributed by atoms with Gasteiger partial charge in [0.2, 0.25) is 0 Å². The van der Waals surface area contributed by atoms with Crippen molar-refractivity contribution in [2.24, 2.45) is 0 Å². The Labute approximate surface area is 135 Å². The van der Waals surface area contributed by atoms with Crippen LogP contribution in [0.3, 0.4) is 0 Å². The molecule has 0 aromatic heterocycles. The van der Waals surface area contributed by atoms with E-state index in [1.54, 1.807) is 6.92 Å². The van der Waals surface area contributed by atoms with Gasteiger partial charge in [-0.1, -0.05) is 43.0 Å². The van der Waals surface area contributed by atoms with Gasteiger partial charge in [-0.3, -0.25) is 0 Å². The Balaban J connectivity index is 2.26. The van der Waals surface area contributed by atoms with E-state index >= 15 is 0 Å². The molecule has 0 saturated heterocycles. The van der Waals surface area contributed by atoms with Crippen LogP contribution in [-0.2, 0) is 15.1 Å². The molecule has 3 nitrogen and oxygen atoms in total. The number of carbonyl (C=O) groups is 1. The van der Waals surface area contributed by atoms with E-state index in [0.29, 0.717) is 17.1 Å². The lowest BCUT2D eigenvalue weighted by molar-refractivity contribution is -0.152. The minimum absolute atomic E-state index is 0.212. The second-order valence-corrected chi connectivity index (χ2v) is 5.47. The SMILES string of the molecule is C#CCC1(OC(=O)C(=C)C)c2ccccc2Oc2ccccc21. The number of para-hydroxylation sites is 2. The normalized spacial score (nSPS) is 13.7. The molecule has 0 spiro atoms. The second-order valence-electron chi connectivity index (χ2n) is 5.47. The molecule has 0 unspecified atom stereocenters. The molecule has 2 aromatic rings. The van der Waals surface area contributed by atoms with E-state index in [-0.39, 0.29) is 6.42 Å². The molecule has 114 valence electrons. The lowest BCUT2D eigenvalue weighted by Crippen LogP contribution is -2.36. The zero-order valence-corrected chi connectivity index (χ0v) is 12.8. The van der Waals surface area contributed by atoms with Crippen molar-refractivity contribution < 1.29 is 14.3 Å². The highest BCUT2D eigenvalue weighted by Crippen LogP contribution is 2.50. The maximum absolute atomic E-state index is 12.3. The molecular formula is C20H16O3. The minimum Gasteiger partial charge on any atom is -0.456 e. The molecule has 0 saturated carbocycles. The highest BCUT2D eigenvalue weighted by Gasteiger charge is 2.45. The molecule has 0 amide bonds. The summed E-state index contributed by atoms with van der Waals surface area (Å²) in [6, 6.07) is 14.9. The van der Waals surface area contributed by atoms with Crippen molar-refractivity contribution in [3.05, 3.63) is 71.8 Å². The van der Waals surface area contributed by atoms with Gasteiger partial charge in [-0.2, -0.15) is 0 Å². The summed E-state index contributed by atoms with van der Waals surface area (Å²) in [6.07, 6.45) is 5.82. The zero-order chi connectivity index (χ0) is 16.4. The third-order valence-corrected chi connectivity index (χ3v) is 3.83. The Bertz CT molecular complexity index is 781. The number of hydrogen-bond acceptors (Lipinski definition) is 3. The van der Waals surface area contributed by atoms with Crippen molar-refractivity contribution in [2.75, 3.05) is 0 Å². The molecule has 0 radical (unpaired) electrons. The van der Waals surface area contributed by atoms with E-state index in [9.17, 15) is 4.79 Å². The van der Waals surface area contributed by atoms with Crippen LogP contribution in [0.5, 0.6) is 11.5 Å². The Kier molecular flexibility index (Phi) is 3.67. The van der Waals surface area contributed by atoms with E-state index in [1.165, 1.54) is 0 Å². The standard InChI is InChI=1S/C20H16O3/c1-4-13-20(23-19(21)14(2)3)15-9-5-7-11-17(15)22-18-12-8-6-10-16(18)20/h1,5-12H,2,13H2,3H3. The lowest BCUT2D eigenvalue weighted by Gasteiger charge is -2.38. The third-order valence-electron chi connectivity index (χ3n) is 3.83. The maximum atomic E-state index is 12.3. The predicted molar refractivity (Wildman–Crippen MR) is 88.1 cm³/mol. The van der Waals surface area contributed by atoms with Crippen molar-refractivity contribution in [3.63, 3.8) is 0 Å². The molecule has 3 rings (SSSR count). The first-order valence-corrected chi connectivity index (χ1v) is 7.27. The first kappa shape index (κ1) is 14.9. The summed E-state index contributed by atoms with van der Waals surface area (Å²) in [6.45, 7) is 5.28. The number of carbonyl (C=O) groups excluding carboxylic acids is 1. The summed E-state index contributed by atoms with van der Waals surface area (Å²) in [7, 11) is 0. The fourth-order valence-corrected chi connectivity index (χ4v) is 2.77. The van der Waals surface area contributed by atoms with Gasteiger partial charge in [0.05, 0.1) is 6.42 Å². The molecule has 1 aliphatic heterocycles. The minimum atomic E-state index is -1.07. The van der Waals surface area contributed by atoms with Crippen LogP contribution < -0.4 is 4.74 Å². The van der Waals surface area contributed by atoms with Crippen LogP contribution in [-0.4, -0.2) is 5.97 Å². The maximum Gasteiger partial charge on any atom is 0.334 e. The van der Waals surface area contributed by atoms with Crippen molar-refractivity contribution >= 4 is 5.97 Å². The first-order chi connectivity index (χ1) is 11.1. The predicted octanol–water partition coefficient (Wildman–Crippen LogP) is 4.18. The van der Waals surface area contributed by atoms with Crippen LogP contribution in [0.4, 0.5) is 0 Å². The number of fused-ring (bicyclic) bond motifs is 2. The lowest BCUT2D eigenvalue weighted by atomic mass is 9.80. The van der Waals surface area contributed by atoms with Crippen LogP contribution in [0.25, 0.3) is 0 Å². The number of ether oxygens (including phenoxy) is 2. The number of rotatable bonds is 3. The van der Waals surface area contributed by atoms with Gasteiger partial charge in [0.15, 0.2) is 5.60 Å². The quantitative estimate of drug-likeness (QED) is 0.485. The van der Waals surface area contributed by atoms with Gasteiger partial charge in [-0.25, -0.2) is 4.79 Å². The third kappa shape index (κ3) is 2.39. The van der Waals surface area contributed by atoms with Crippen LogP contribution in [0.1, 0.15) is 24.5 Å². The molecule has 0 atom stereocenters. The Morgan fingerprint density at radius 3 is 2.17 bits per heavy atom. The fraction of sp³-hybridized carbons (Fsp3) is 0.150. The Hall–Kier alpha value is -2.99. The van der Waals surface area contributed by atoms with Gasteiger partial charge in [-0.05, 0) is 19.1 Å². The van der Waals surface area contributed by atoms with Crippen LogP contribution in [0.15, 0.2) is 60.7 Å². The monoisotopic (exact) mass is 304 g/mol. The Morgan fingerprint density at radius 1 is 1.17 bits per heavy atom. The largest absolute Gasteiger partial charge is 0.456 e. The van der Waals surface area contributed by atoms with Gasteiger partial charge in [0.1, 0.15) is 11.5 Å². The van der Waals surface area contributed by atoms with Crippen LogP contribution in [0, 0.1) is 12.3 Å². The summed E-state index contributed by atoms with van der Waals surface area (Å²) in [4.78, 5) is 12.3. The van der Waals surface area contributed by atoms with Crippen LogP contribution in [0.2, 0.25) is 0 Å². The van der Waals surface area contributed by atoms with Crippen LogP contribution >= 0.6 is 0 Å². The topological polar surface area (TPSA) is 35.5 Å². The molecule has 23 heavy (non-hydrogen) atoms. The molecular weight excluding hydrogens is 288 g/mol. The van der Waals surface area contributed by atoms with Gasteiger partial charge >= 0.3 is 5.97 Å². The summed E-state index contributed by atoms with van der Waals surface area (Å²) < 4.78 is 11.8. The van der Waals surface area contributed by atoms with E-state index in [1.807, 2.05) is 48.5 Å². The van der Waals surface area contributed by atoms with Gasteiger partial charge in [0.25, 0.3) is 0 Å². The van der Waals surface area contributed by atoms with Crippen molar-refractivity contribution in [2.45, 2.75) is 18.9 Å². The number of esters is 1. The van der Waals surface area contributed by atoms with Gasteiger partial charge in [0, 0.05) is 16.7 Å². The van der Waals surface area contributed by atoms with E-state index in [0.717, 1.165) is 11.1 Å². The molecule has 2 aromatic carbocycles. The number of terminal acetylenes is 1. The second kappa shape index (κ2) is 5.66. The summed E-state index contributed by atoms with van der Waals surface area (Å²) >= 11 is 0. The molecule has 1 aliphatic rings. The van der Waals surface area contributed by atoms with Crippen molar-refractivity contribution in [1.82, 2.24) is 0 Å². The molecule has 0 bridgehead atoms. The number of hydrogen-bond donors (Lipinski definition) is 0. The highest BCUT2D eigenvalue weighted by atomic mass is 16.6. The summed E-state index contributed by atoms with van der Waals surface area (Å²) in [5.41, 5.74) is 0.733. The molecule has 0 N–H and O–H groups in total. The average Bonchev–Trinajstić information content (AvgIpc) is 2.55. The van der Waals surface area contributed by atoms with Crippen molar-refractivity contribution in [1.29, 1.82) is 0 Å². The fourth-order valence-electron chi connectivity index (χ4n) is 2.77. The summed E-state index contributed by atoms with van der Waals surface area (Å²) in [5, 5.41) is 0. The van der Waals surface area contributed by atoms with E-state index in [2.05, 4.69) is 12.5 Å². The molecule has 3 heteroatoms.